The molecule has 154 valence electrons. The zero-order valence-electron chi connectivity index (χ0n) is 18.1. The molecule has 2 aliphatic heterocycles. The number of ketones is 1. The van der Waals surface area contributed by atoms with Crippen LogP contribution in [0.5, 0.6) is 0 Å². The Morgan fingerprint density at radius 3 is 2.71 bits per heavy atom. The number of ether oxygens (including phenoxy) is 1. The van der Waals surface area contributed by atoms with E-state index in [1.807, 2.05) is 13.0 Å². The van der Waals surface area contributed by atoms with E-state index in [1.54, 1.807) is 11.0 Å². The molecule has 2 saturated heterocycles. The second kappa shape index (κ2) is 6.83. The van der Waals surface area contributed by atoms with Crippen molar-refractivity contribution in [2.45, 2.75) is 66.4 Å². The Balaban J connectivity index is 1.56. The number of quaternary nitrogens is 1. The third-order valence-corrected chi connectivity index (χ3v) is 7.85. The van der Waals surface area contributed by atoms with E-state index < -0.39 is 0 Å². The van der Waals surface area contributed by atoms with Gasteiger partial charge in [-0.15, -0.1) is 0 Å². The van der Waals surface area contributed by atoms with E-state index in [-0.39, 0.29) is 35.1 Å². The van der Waals surface area contributed by atoms with Gasteiger partial charge in [-0.3, -0.25) is 9.59 Å². The van der Waals surface area contributed by atoms with E-state index in [9.17, 15) is 9.59 Å². The number of carbonyl (C=O) groups excluding carboxylic acids is 2. The molecule has 1 saturated carbocycles. The molecule has 4 rings (SSSR count). The van der Waals surface area contributed by atoms with E-state index in [2.05, 4.69) is 27.7 Å². The van der Waals surface area contributed by atoms with Crippen molar-refractivity contribution >= 4 is 11.8 Å². The van der Waals surface area contributed by atoms with Crippen LogP contribution in [0.4, 0.5) is 0 Å². The van der Waals surface area contributed by atoms with Crippen LogP contribution in [0.25, 0.3) is 0 Å². The normalized spacial score (nSPS) is 42.7. The molecule has 4 heteroatoms. The number of carbonyl (C=O) groups is 2. The summed E-state index contributed by atoms with van der Waals surface area (Å²) in [6.07, 6.45) is 8.03. The van der Waals surface area contributed by atoms with Crippen molar-refractivity contribution in [2.75, 3.05) is 19.6 Å². The van der Waals surface area contributed by atoms with E-state index in [1.165, 1.54) is 12.8 Å². The fourth-order valence-corrected chi connectivity index (χ4v) is 6.62. The van der Waals surface area contributed by atoms with Gasteiger partial charge < -0.3 is 9.64 Å². The lowest BCUT2D eigenvalue weighted by atomic mass is 9.61. The fraction of sp³-hybridized carbons (Fsp3) is 0.750. The van der Waals surface area contributed by atoms with Gasteiger partial charge in [0.1, 0.15) is 12.0 Å². The molecule has 1 N–H and O–H groups in total. The highest BCUT2D eigenvalue weighted by atomic mass is 16.6. The number of hydrogen-bond donors (Lipinski definition) is 1. The van der Waals surface area contributed by atoms with Crippen molar-refractivity contribution in [1.82, 2.24) is 0 Å². The first-order valence-electron chi connectivity index (χ1n) is 11.1. The molecule has 2 aliphatic carbocycles. The number of esters is 1. The van der Waals surface area contributed by atoms with Gasteiger partial charge in [0.25, 0.3) is 0 Å². The summed E-state index contributed by atoms with van der Waals surface area (Å²) in [6.45, 7) is 14.3. The van der Waals surface area contributed by atoms with Crippen LogP contribution >= 0.6 is 0 Å². The first kappa shape index (κ1) is 19.9. The minimum atomic E-state index is -0.205. The van der Waals surface area contributed by atoms with Crippen LogP contribution in [0.2, 0.25) is 0 Å². The molecule has 2 heterocycles. The zero-order valence-corrected chi connectivity index (χ0v) is 18.1. The largest absolute Gasteiger partial charge is 0.457 e. The smallest absolute Gasteiger partial charge is 0.315 e. The maximum Gasteiger partial charge on any atom is 0.315 e. The second-order valence-electron chi connectivity index (χ2n) is 11.0. The Labute approximate surface area is 169 Å². The molecule has 3 fully saturated rings. The van der Waals surface area contributed by atoms with Crippen LogP contribution in [0.1, 0.15) is 60.3 Å². The number of fused-ring (bicyclic) bond motifs is 3. The molecule has 0 amide bonds. The fourth-order valence-electron chi connectivity index (χ4n) is 6.62. The summed E-state index contributed by atoms with van der Waals surface area (Å²) in [5, 5.41) is 0. The monoisotopic (exact) mass is 386 g/mol. The van der Waals surface area contributed by atoms with Gasteiger partial charge in [0.2, 0.25) is 0 Å². The lowest BCUT2D eigenvalue weighted by Gasteiger charge is -2.43. The summed E-state index contributed by atoms with van der Waals surface area (Å²) in [4.78, 5) is 26.8. The summed E-state index contributed by atoms with van der Waals surface area (Å²) in [5.74, 6) is 0.973. The van der Waals surface area contributed by atoms with Crippen molar-refractivity contribution < 1.29 is 19.2 Å². The molecular weight excluding hydrogens is 350 g/mol. The minimum absolute atomic E-state index is 0.0323. The van der Waals surface area contributed by atoms with Gasteiger partial charge in [0.05, 0.1) is 19.6 Å². The van der Waals surface area contributed by atoms with Crippen molar-refractivity contribution in [2.24, 2.45) is 28.6 Å². The first-order chi connectivity index (χ1) is 13.1. The van der Waals surface area contributed by atoms with E-state index in [0.717, 1.165) is 49.5 Å². The number of nitrogens with one attached hydrogen (secondary N) is 1. The van der Waals surface area contributed by atoms with Gasteiger partial charge in [-0.1, -0.05) is 33.8 Å². The molecule has 28 heavy (non-hydrogen) atoms. The predicted octanol–water partition coefficient (Wildman–Crippen LogP) is 2.74. The molecule has 0 aromatic rings. The van der Waals surface area contributed by atoms with E-state index >= 15 is 0 Å². The second-order valence-corrected chi connectivity index (χ2v) is 11.0. The van der Waals surface area contributed by atoms with Gasteiger partial charge in [0, 0.05) is 22.3 Å². The molecule has 0 bridgehead atoms. The van der Waals surface area contributed by atoms with Crippen LogP contribution in [-0.4, -0.2) is 37.5 Å². The summed E-state index contributed by atoms with van der Waals surface area (Å²) in [6, 6.07) is 0. The molecule has 0 aromatic carbocycles. The number of allylic oxidation sites excluding steroid dienone is 3. The standard InChI is InChI=1S/C24H35NO3/c1-15-8-11-25(14-23(3,4)12-15)13-18-17-6-9-24(5)10-7-19(26)16(2)20(24)21(17)28-22(18)27/h7,10,15,17-18,21H,6,8-9,11-14H2,1-5H3/p+1/t15-,17+,18+,21+,24+/m1/s1. The Hall–Kier alpha value is -1.42. The van der Waals surface area contributed by atoms with E-state index in [4.69, 9.17) is 4.74 Å². The third kappa shape index (κ3) is 3.38. The van der Waals surface area contributed by atoms with Crippen LogP contribution in [-0.2, 0) is 14.3 Å². The van der Waals surface area contributed by atoms with Crippen molar-refractivity contribution in [3.05, 3.63) is 23.3 Å². The van der Waals surface area contributed by atoms with Crippen molar-refractivity contribution in [3.63, 3.8) is 0 Å². The molecule has 0 aromatic heterocycles. The molecule has 0 radical (unpaired) electrons. The number of likely N-dealkylation sites (tertiary alicyclic amines) is 1. The Kier molecular flexibility index (Phi) is 4.85. The van der Waals surface area contributed by atoms with Gasteiger partial charge in [-0.05, 0) is 50.2 Å². The average molecular weight is 387 g/mol. The van der Waals surface area contributed by atoms with Crippen LogP contribution in [0.15, 0.2) is 23.3 Å². The maximum atomic E-state index is 12.9. The highest BCUT2D eigenvalue weighted by Crippen LogP contribution is 2.52. The SMILES string of the molecule is CC1=C2[C@H]3OC(=O)[C@@H](C[NH+]4CC[C@@H](C)CC(C)(C)C4)[C@@H]3CC[C@@]2(C)C=CC1=O. The summed E-state index contributed by atoms with van der Waals surface area (Å²) in [5.41, 5.74) is 2.05. The van der Waals surface area contributed by atoms with E-state index in [0.29, 0.717) is 5.41 Å². The van der Waals surface area contributed by atoms with Crippen LogP contribution in [0.3, 0.4) is 0 Å². The molecule has 0 spiro atoms. The van der Waals surface area contributed by atoms with Gasteiger partial charge >= 0.3 is 5.97 Å². The number of rotatable bonds is 2. The molecule has 4 nitrogen and oxygen atoms in total. The topological polar surface area (TPSA) is 47.8 Å². The quantitative estimate of drug-likeness (QED) is 0.743. The third-order valence-electron chi connectivity index (χ3n) is 7.85. The lowest BCUT2D eigenvalue weighted by Crippen LogP contribution is -3.13. The van der Waals surface area contributed by atoms with Gasteiger partial charge in [-0.25, -0.2) is 0 Å². The Morgan fingerprint density at radius 1 is 1.21 bits per heavy atom. The van der Waals surface area contributed by atoms with Crippen LogP contribution in [0, 0.1) is 28.6 Å². The zero-order chi connectivity index (χ0) is 20.3. The maximum absolute atomic E-state index is 12.9. The molecular formula is C24H36NO3+. The van der Waals surface area contributed by atoms with Crippen molar-refractivity contribution in [3.8, 4) is 0 Å². The summed E-state index contributed by atoms with van der Waals surface area (Å²) in [7, 11) is 0. The van der Waals surface area contributed by atoms with Crippen LogP contribution < -0.4 is 4.90 Å². The average Bonchev–Trinajstić information content (AvgIpc) is 2.82. The predicted molar refractivity (Wildman–Crippen MR) is 109 cm³/mol. The summed E-state index contributed by atoms with van der Waals surface area (Å²) < 4.78 is 5.98. The lowest BCUT2D eigenvalue weighted by molar-refractivity contribution is -0.907. The molecule has 4 aliphatic rings. The highest BCUT2D eigenvalue weighted by Gasteiger charge is 2.55. The number of hydrogen-bond acceptors (Lipinski definition) is 3. The minimum Gasteiger partial charge on any atom is -0.457 e. The van der Waals surface area contributed by atoms with Crippen molar-refractivity contribution in [1.29, 1.82) is 0 Å². The van der Waals surface area contributed by atoms with Gasteiger partial charge in [-0.2, -0.15) is 0 Å². The summed E-state index contributed by atoms with van der Waals surface area (Å²) >= 11 is 0. The van der Waals surface area contributed by atoms with Gasteiger partial charge in [0.15, 0.2) is 5.78 Å². The molecule has 1 unspecified atom stereocenters. The first-order valence-corrected chi connectivity index (χ1v) is 11.1. The molecule has 6 atom stereocenters. The highest BCUT2D eigenvalue weighted by molar-refractivity contribution is 6.05. The Morgan fingerprint density at radius 2 is 1.96 bits per heavy atom. The Bertz CT molecular complexity index is 749.